The monoisotopic (exact) mass is 456 g/mol. The Morgan fingerprint density at radius 3 is 2.43 bits per heavy atom. The first kappa shape index (κ1) is 20.2. The third kappa shape index (κ3) is 5.47. The van der Waals surface area contributed by atoms with Crippen LogP contribution in [0.3, 0.4) is 0 Å². The number of benzene rings is 3. The molecule has 0 aliphatic heterocycles. The van der Waals surface area contributed by atoms with E-state index < -0.39 is 0 Å². The third-order valence-electron chi connectivity index (χ3n) is 4.07. The Hall–Kier alpha value is -2.56. The maximum atomic E-state index is 12.3. The second kappa shape index (κ2) is 9.58. The fraction of sp³-hybridized carbons (Fsp3) is 0.0870. The molecule has 0 heterocycles. The number of carbonyl (C=O) groups excluding carboxylic acids is 1. The van der Waals surface area contributed by atoms with Crippen LogP contribution < -0.4 is 9.47 Å². The SMILES string of the molecule is COc1ccc(/C=C/C(=O)c2ccc(Cl)cc2)cc1COc1ccc(Br)cc1. The lowest BCUT2D eigenvalue weighted by Gasteiger charge is -2.11. The van der Waals surface area contributed by atoms with Crippen LogP contribution in [0.4, 0.5) is 0 Å². The van der Waals surface area contributed by atoms with Crippen molar-refractivity contribution >= 4 is 39.4 Å². The summed E-state index contributed by atoms with van der Waals surface area (Å²) in [4.78, 5) is 12.3. The molecule has 0 unspecified atom stereocenters. The number of methoxy groups -OCH3 is 1. The van der Waals surface area contributed by atoms with Crippen LogP contribution in [-0.4, -0.2) is 12.9 Å². The van der Waals surface area contributed by atoms with Crippen LogP contribution in [0, 0.1) is 0 Å². The van der Waals surface area contributed by atoms with Gasteiger partial charge in [-0.05, 0) is 72.3 Å². The lowest BCUT2D eigenvalue weighted by Crippen LogP contribution is -1.99. The number of allylic oxidation sites excluding steroid dienone is 1. The highest BCUT2D eigenvalue weighted by Gasteiger charge is 2.06. The summed E-state index contributed by atoms with van der Waals surface area (Å²) in [6.45, 7) is 0.359. The molecule has 0 bridgehead atoms. The van der Waals surface area contributed by atoms with Crippen molar-refractivity contribution in [2.24, 2.45) is 0 Å². The van der Waals surface area contributed by atoms with E-state index in [1.165, 1.54) is 0 Å². The molecule has 142 valence electrons. The maximum absolute atomic E-state index is 12.3. The Morgan fingerprint density at radius 1 is 1.04 bits per heavy atom. The average molecular weight is 458 g/mol. The van der Waals surface area contributed by atoms with Crippen LogP contribution in [0.5, 0.6) is 11.5 Å². The molecule has 3 nitrogen and oxygen atoms in total. The second-order valence-corrected chi connectivity index (χ2v) is 7.37. The minimum absolute atomic E-state index is 0.0832. The van der Waals surface area contributed by atoms with Gasteiger partial charge in [0.1, 0.15) is 18.1 Å². The van der Waals surface area contributed by atoms with Crippen molar-refractivity contribution < 1.29 is 14.3 Å². The second-order valence-electron chi connectivity index (χ2n) is 6.02. The number of ether oxygens (including phenoxy) is 2. The summed E-state index contributed by atoms with van der Waals surface area (Å²) >= 11 is 9.27. The molecule has 28 heavy (non-hydrogen) atoms. The van der Waals surface area contributed by atoms with Gasteiger partial charge in [-0.1, -0.05) is 39.7 Å². The number of carbonyl (C=O) groups is 1. The molecule has 0 radical (unpaired) electrons. The van der Waals surface area contributed by atoms with E-state index in [0.717, 1.165) is 27.1 Å². The van der Waals surface area contributed by atoms with Crippen LogP contribution in [0.1, 0.15) is 21.5 Å². The molecule has 0 amide bonds. The van der Waals surface area contributed by atoms with E-state index in [0.29, 0.717) is 17.2 Å². The van der Waals surface area contributed by atoms with Gasteiger partial charge in [0.2, 0.25) is 0 Å². The largest absolute Gasteiger partial charge is 0.496 e. The molecule has 0 aromatic heterocycles. The van der Waals surface area contributed by atoms with Gasteiger partial charge in [-0.15, -0.1) is 0 Å². The molecule has 3 aromatic carbocycles. The van der Waals surface area contributed by atoms with E-state index in [9.17, 15) is 4.79 Å². The summed E-state index contributed by atoms with van der Waals surface area (Å²) in [5.41, 5.74) is 2.37. The smallest absolute Gasteiger partial charge is 0.185 e. The number of ketones is 1. The van der Waals surface area contributed by atoms with Crippen molar-refractivity contribution in [3.05, 3.63) is 99.0 Å². The van der Waals surface area contributed by atoms with Crippen molar-refractivity contribution in [2.75, 3.05) is 7.11 Å². The molecule has 0 atom stereocenters. The topological polar surface area (TPSA) is 35.5 Å². The zero-order valence-corrected chi connectivity index (χ0v) is 17.5. The van der Waals surface area contributed by atoms with Crippen molar-refractivity contribution in [1.82, 2.24) is 0 Å². The summed E-state index contributed by atoms with van der Waals surface area (Å²) in [6, 6.07) is 20.2. The summed E-state index contributed by atoms with van der Waals surface area (Å²) in [7, 11) is 1.62. The Balaban J connectivity index is 1.73. The van der Waals surface area contributed by atoms with Crippen LogP contribution in [-0.2, 0) is 6.61 Å². The fourth-order valence-corrected chi connectivity index (χ4v) is 2.98. The minimum Gasteiger partial charge on any atom is -0.496 e. The lowest BCUT2D eigenvalue weighted by atomic mass is 10.1. The van der Waals surface area contributed by atoms with Gasteiger partial charge in [0.05, 0.1) is 7.11 Å². The average Bonchev–Trinajstić information content (AvgIpc) is 2.72. The molecule has 5 heteroatoms. The van der Waals surface area contributed by atoms with E-state index in [1.54, 1.807) is 43.5 Å². The Bertz CT molecular complexity index is 980. The van der Waals surface area contributed by atoms with E-state index in [2.05, 4.69) is 15.9 Å². The molecule has 0 saturated carbocycles. The van der Waals surface area contributed by atoms with Gasteiger partial charge < -0.3 is 9.47 Å². The van der Waals surface area contributed by atoms with Crippen molar-refractivity contribution in [1.29, 1.82) is 0 Å². The molecule has 0 aliphatic carbocycles. The molecule has 3 rings (SSSR count). The predicted molar refractivity (Wildman–Crippen MR) is 116 cm³/mol. The predicted octanol–water partition coefficient (Wildman–Crippen LogP) is 6.59. The highest BCUT2D eigenvalue weighted by Crippen LogP contribution is 2.24. The summed E-state index contributed by atoms with van der Waals surface area (Å²) in [6.07, 6.45) is 3.32. The number of hydrogen-bond donors (Lipinski definition) is 0. The number of halogens is 2. The molecule has 0 saturated heterocycles. The first-order valence-corrected chi connectivity index (χ1v) is 9.75. The standard InChI is InChI=1S/C23H18BrClO3/c1-27-23-13-3-16(2-12-22(26)17-4-8-20(25)9-5-17)14-18(23)15-28-21-10-6-19(24)7-11-21/h2-14H,15H2,1H3/b12-2+. The third-order valence-corrected chi connectivity index (χ3v) is 4.85. The van der Waals surface area contributed by atoms with E-state index in [4.69, 9.17) is 21.1 Å². The van der Waals surface area contributed by atoms with Gasteiger partial charge in [0.15, 0.2) is 5.78 Å². The maximum Gasteiger partial charge on any atom is 0.185 e. The van der Waals surface area contributed by atoms with E-state index in [1.807, 2.05) is 42.5 Å². The normalized spacial score (nSPS) is 10.8. The minimum atomic E-state index is -0.0832. The van der Waals surface area contributed by atoms with Crippen LogP contribution in [0.2, 0.25) is 5.02 Å². The van der Waals surface area contributed by atoms with Crippen molar-refractivity contribution in [2.45, 2.75) is 6.61 Å². The molecule has 0 N–H and O–H groups in total. The molecule has 0 fully saturated rings. The van der Waals surface area contributed by atoms with Gasteiger partial charge in [0.25, 0.3) is 0 Å². The van der Waals surface area contributed by atoms with Gasteiger partial charge in [0, 0.05) is 20.6 Å². The first-order valence-electron chi connectivity index (χ1n) is 8.58. The highest BCUT2D eigenvalue weighted by atomic mass is 79.9. The zero-order chi connectivity index (χ0) is 19.9. The van der Waals surface area contributed by atoms with Gasteiger partial charge in [-0.25, -0.2) is 0 Å². The van der Waals surface area contributed by atoms with Gasteiger partial charge >= 0.3 is 0 Å². The summed E-state index contributed by atoms with van der Waals surface area (Å²) < 4.78 is 12.3. The van der Waals surface area contributed by atoms with E-state index in [-0.39, 0.29) is 5.78 Å². The number of hydrogen-bond acceptors (Lipinski definition) is 3. The Labute approximate surface area is 177 Å². The number of rotatable bonds is 7. The molecule has 3 aromatic rings. The van der Waals surface area contributed by atoms with Crippen LogP contribution in [0.25, 0.3) is 6.08 Å². The van der Waals surface area contributed by atoms with Crippen LogP contribution >= 0.6 is 27.5 Å². The quantitative estimate of drug-likeness (QED) is 0.297. The summed E-state index contributed by atoms with van der Waals surface area (Å²) in [5, 5.41) is 0.603. The van der Waals surface area contributed by atoms with Gasteiger partial charge in [-0.2, -0.15) is 0 Å². The molecular formula is C23H18BrClO3. The molecule has 0 spiro atoms. The Kier molecular flexibility index (Phi) is 6.90. The van der Waals surface area contributed by atoms with Gasteiger partial charge in [-0.3, -0.25) is 4.79 Å². The summed E-state index contributed by atoms with van der Waals surface area (Å²) in [5.74, 6) is 1.42. The molecule has 0 aliphatic rings. The van der Waals surface area contributed by atoms with E-state index >= 15 is 0 Å². The van der Waals surface area contributed by atoms with Crippen molar-refractivity contribution in [3.8, 4) is 11.5 Å². The van der Waals surface area contributed by atoms with Crippen LogP contribution in [0.15, 0.2) is 77.3 Å². The first-order chi connectivity index (χ1) is 13.5. The lowest BCUT2D eigenvalue weighted by molar-refractivity contribution is 0.104. The highest BCUT2D eigenvalue weighted by molar-refractivity contribution is 9.10. The fourth-order valence-electron chi connectivity index (χ4n) is 2.59. The van der Waals surface area contributed by atoms with Crippen molar-refractivity contribution in [3.63, 3.8) is 0 Å². The molecular weight excluding hydrogens is 440 g/mol. The zero-order valence-electron chi connectivity index (χ0n) is 15.2. The Morgan fingerprint density at radius 2 is 1.75 bits per heavy atom.